The first-order valence-electron chi connectivity index (χ1n) is 7.11. The summed E-state index contributed by atoms with van der Waals surface area (Å²) in [6, 6.07) is 5.83. The van der Waals surface area contributed by atoms with E-state index in [2.05, 4.69) is 10.2 Å². The summed E-state index contributed by atoms with van der Waals surface area (Å²) in [6.07, 6.45) is 1.94. The van der Waals surface area contributed by atoms with E-state index in [1.54, 1.807) is 12.1 Å². The first-order valence-corrected chi connectivity index (χ1v) is 7.11. The fraction of sp³-hybridized carbons (Fsp3) is 0.533. The van der Waals surface area contributed by atoms with E-state index in [0.717, 1.165) is 31.7 Å². The van der Waals surface area contributed by atoms with Gasteiger partial charge in [0.25, 0.3) is 5.91 Å². The number of benzene rings is 1. The second-order valence-corrected chi connectivity index (χ2v) is 5.09. The number of anilines is 2. The molecular weight excluding hydrogens is 254 g/mol. The molecule has 1 heterocycles. The minimum atomic E-state index is -0.0543. The lowest BCUT2D eigenvalue weighted by atomic mass is 10.0. The van der Waals surface area contributed by atoms with Crippen LogP contribution in [0.25, 0.3) is 0 Å². The minimum Gasteiger partial charge on any atom is -0.399 e. The Morgan fingerprint density at radius 2 is 2.15 bits per heavy atom. The molecule has 3 N–H and O–H groups in total. The molecule has 0 bridgehead atoms. The first kappa shape index (κ1) is 14.7. The van der Waals surface area contributed by atoms with Crippen molar-refractivity contribution in [2.24, 2.45) is 0 Å². The Hall–Kier alpha value is -1.75. The summed E-state index contributed by atoms with van der Waals surface area (Å²) in [4.78, 5) is 14.3. The Morgan fingerprint density at radius 3 is 2.80 bits per heavy atom. The van der Waals surface area contributed by atoms with Gasteiger partial charge in [-0.25, -0.2) is 0 Å². The van der Waals surface area contributed by atoms with Gasteiger partial charge in [-0.1, -0.05) is 0 Å². The zero-order valence-electron chi connectivity index (χ0n) is 12.2. The van der Waals surface area contributed by atoms with Gasteiger partial charge in [0.1, 0.15) is 0 Å². The van der Waals surface area contributed by atoms with Gasteiger partial charge < -0.3 is 20.7 Å². The quantitative estimate of drug-likeness (QED) is 0.821. The van der Waals surface area contributed by atoms with Crippen LogP contribution < -0.4 is 16.0 Å². The highest BCUT2D eigenvalue weighted by atomic mass is 16.5. The van der Waals surface area contributed by atoms with Gasteiger partial charge in [0.2, 0.25) is 0 Å². The number of hydrogen-bond acceptors (Lipinski definition) is 4. The highest BCUT2D eigenvalue weighted by Gasteiger charge is 2.22. The molecule has 0 saturated carbocycles. The molecule has 1 amide bonds. The Kier molecular flexibility index (Phi) is 4.84. The summed E-state index contributed by atoms with van der Waals surface area (Å²) < 4.78 is 5.40. The summed E-state index contributed by atoms with van der Waals surface area (Å²) in [5, 5.41) is 2.85. The number of hydrogen-bond donors (Lipinski definition) is 2. The number of nitrogen functional groups attached to an aromatic ring is 1. The number of nitrogens with zero attached hydrogens (tertiary/aromatic N) is 1. The highest BCUT2D eigenvalue weighted by molar-refractivity contribution is 6.00. The van der Waals surface area contributed by atoms with Gasteiger partial charge in [-0.2, -0.15) is 0 Å². The van der Waals surface area contributed by atoms with E-state index in [-0.39, 0.29) is 5.91 Å². The molecule has 1 aromatic rings. The van der Waals surface area contributed by atoms with Gasteiger partial charge in [0.05, 0.1) is 11.3 Å². The van der Waals surface area contributed by atoms with Crippen LogP contribution >= 0.6 is 0 Å². The van der Waals surface area contributed by atoms with Crippen molar-refractivity contribution in [2.75, 3.05) is 37.4 Å². The molecule has 1 saturated heterocycles. The average Bonchev–Trinajstić information content (AvgIpc) is 2.47. The van der Waals surface area contributed by atoms with Gasteiger partial charge in [-0.3, -0.25) is 4.79 Å². The van der Waals surface area contributed by atoms with Crippen LogP contribution in [-0.4, -0.2) is 38.8 Å². The number of ether oxygens (including phenoxy) is 1. The second kappa shape index (κ2) is 6.61. The van der Waals surface area contributed by atoms with E-state index in [1.165, 1.54) is 0 Å². The lowest BCUT2D eigenvalue weighted by Gasteiger charge is -2.34. The van der Waals surface area contributed by atoms with E-state index in [9.17, 15) is 4.79 Å². The summed E-state index contributed by atoms with van der Waals surface area (Å²) in [5.41, 5.74) is 8.13. The molecular formula is C15H23N3O2. The molecule has 0 spiro atoms. The molecule has 110 valence electrons. The highest BCUT2D eigenvalue weighted by Crippen LogP contribution is 2.27. The maximum Gasteiger partial charge on any atom is 0.253 e. The number of amides is 1. The van der Waals surface area contributed by atoms with Crippen molar-refractivity contribution in [3.8, 4) is 0 Å². The molecule has 0 atom stereocenters. The van der Waals surface area contributed by atoms with E-state index in [1.807, 2.05) is 20.0 Å². The molecule has 1 aliphatic rings. The summed E-state index contributed by atoms with van der Waals surface area (Å²) in [7, 11) is 2.02. The van der Waals surface area contributed by atoms with Gasteiger partial charge in [-0.05, 0) is 38.0 Å². The summed E-state index contributed by atoms with van der Waals surface area (Å²) in [6.45, 7) is 4.07. The maximum atomic E-state index is 12.2. The lowest BCUT2D eigenvalue weighted by molar-refractivity contribution is 0.0854. The fourth-order valence-corrected chi connectivity index (χ4v) is 2.56. The number of carbonyl (C=O) groups is 1. The van der Waals surface area contributed by atoms with E-state index < -0.39 is 0 Å². The Morgan fingerprint density at radius 1 is 1.45 bits per heavy atom. The van der Waals surface area contributed by atoms with Crippen LogP contribution in [0.5, 0.6) is 0 Å². The van der Waals surface area contributed by atoms with Crippen molar-refractivity contribution in [1.82, 2.24) is 5.32 Å². The standard InChI is InChI=1S/C15H23N3O2/c1-3-17-15(19)13-5-4-11(16)10-14(13)18(2)12-6-8-20-9-7-12/h4-5,10,12H,3,6-9,16H2,1-2H3,(H,17,19). The first-order chi connectivity index (χ1) is 9.63. The zero-order valence-corrected chi connectivity index (χ0v) is 12.2. The van der Waals surface area contributed by atoms with Crippen LogP contribution in [0.3, 0.4) is 0 Å². The smallest absolute Gasteiger partial charge is 0.253 e. The molecule has 20 heavy (non-hydrogen) atoms. The van der Waals surface area contributed by atoms with Gasteiger partial charge in [0.15, 0.2) is 0 Å². The third kappa shape index (κ3) is 3.22. The molecule has 0 aromatic heterocycles. The minimum absolute atomic E-state index is 0.0543. The fourth-order valence-electron chi connectivity index (χ4n) is 2.56. The normalized spacial score (nSPS) is 15.9. The number of rotatable bonds is 4. The van der Waals surface area contributed by atoms with Crippen molar-refractivity contribution in [3.63, 3.8) is 0 Å². The molecule has 0 aliphatic carbocycles. The second-order valence-electron chi connectivity index (χ2n) is 5.09. The molecule has 0 radical (unpaired) electrons. The average molecular weight is 277 g/mol. The monoisotopic (exact) mass is 277 g/mol. The number of nitrogens with one attached hydrogen (secondary N) is 1. The molecule has 1 fully saturated rings. The summed E-state index contributed by atoms with van der Waals surface area (Å²) >= 11 is 0. The van der Waals surface area contributed by atoms with Gasteiger partial charge in [-0.15, -0.1) is 0 Å². The van der Waals surface area contributed by atoms with Crippen molar-refractivity contribution in [3.05, 3.63) is 23.8 Å². The van der Waals surface area contributed by atoms with Crippen molar-refractivity contribution in [2.45, 2.75) is 25.8 Å². The maximum absolute atomic E-state index is 12.2. The third-order valence-corrected chi connectivity index (χ3v) is 3.72. The SMILES string of the molecule is CCNC(=O)c1ccc(N)cc1N(C)C1CCOCC1. The van der Waals surface area contributed by atoms with E-state index >= 15 is 0 Å². The van der Waals surface area contributed by atoms with Crippen molar-refractivity contribution < 1.29 is 9.53 Å². The van der Waals surface area contributed by atoms with Crippen molar-refractivity contribution >= 4 is 17.3 Å². The molecule has 1 aliphatic heterocycles. The topological polar surface area (TPSA) is 67.6 Å². The molecule has 0 unspecified atom stereocenters. The van der Waals surface area contributed by atoms with Gasteiger partial charge in [0, 0.05) is 38.5 Å². The van der Waals surface area contributed by atoms with Crippen LogP contribution in [-0.2, 0) is 4.74 Å². The zero-order chi connectivity index (χ0) is 14.5. The molecule has 1 aromatic carbocycles. The predicted octanol–water partition coefficient (Wildman–Crippen LogP) is 1.63. The van der Waals surface area contributed by atoms with Crippen molar-refractivity contribution in [1.29, 1.82) is 0 Å². The number of nitrogens with two attached hydrogens (primary N) is 1. The van der Waals surface area contributed by atoms with E-state index in [4.69, 9.17) is 10.5 Å². The van der Waals surface area contributed by atoms with Crippen LogP contribution in [0, 0.1) is 0 Å². The predicted molar refractivity (Wildman–Crippen MR) is 81.1 cm³/mol. The molecule has 5 nitrogen and oxygen atoms in total. The Balaban J connectivity index is 2.27. The van der Waals surface area contributed by atoms with E-state index in [0.29, 0.717) is 23.8 Å². The largest absolute Gasteiger partial charge is 0.399 e. The number of carbonyl (C=O) groups excluding carboxylic acids is 1. The van der Waals surface area contributed by atoms with Crippen LogP contribution in [0.1, 0.15) is 30.1 Å². The lowest BCUT2D eigenvalue weighted by Crippen LogP contribution is -2.38. The van der Waals surface area contributed by atoms with Crippen LogP contribution in [0.15, 0.2) is 18.2 Å². The Labute approximate surface area is 120 Å². The Bertz CT molecular complexity index is 470. The van der Waals surface area contributed by atoms with Crippen LogP contribution in [0.4, 0.5) is 11.4 Å². The van der Waals surface area contributed by atoms with Gasteiger partial charge >= 0.3 is 0 Å². The van der Waals surface area contributed by atoms with Crippen LogP contribution in [0.2, 0.25) is 0 Å². The molecule has 5 heteroatoms. The summed E-state index contributed by atoms with van der Waals surface area (Å²) in [5.74, 6) is -0.0543. The molecule has 2 rings (SSSR count). The third-order valence-electron chi connectivity index (χ3n) is 3.72.